The van der Waals surface area contributed by atoms with Gasteiger partial charge in [-0.05, 0) is 29.0 Å². The van der Waals surface area contributed by atoms with Crippen LogP contribution in [0.15, 0.2) is 30.3 Å². The van der Waals surface area contributed by atoms with Crippen LogP contribution in [-0.2, 0) is 11.2 Å². The SMILES string of the molecule is CC(C)Cc1nnc(NC(=O)/C=C/c2ccc(C(C)C)cc2)s1. The van der Waals surface area contributed by atoms with Crippen molar-refractivity contribution in [3.8, 4) is 0 Å². The topological polar surface area (TPSA) is 54.9 Å². The number of anilines is 1. The number of nitrogens with zero attached hydrogens (tertiary/aromatic N) is 2. The molecule has 0 saturated carbocycles. The van der Waals surface area contributed by atoms with E-state index < -0.39 is 0 Å². The van der Waals surface area contributed by atoms with E-state index in [4.69, 9.17) is 0 Å². The van der Waals surface area contributed by atoms with Crippen molar-refractivity contribution in [2.24, 2.45) is 5.92 Å². The van der Waals surface area contributed by atoms with Crippen molar-refractivity contribution in [1.29, 1.82) is 0 Å². The van der Waals surface area contributed by atoms with Gasteiger partial charge in [0, 0.05) is 12.5 Å². The number of benzene rings is 1. The highest BCUT2D eigenvalue weighted by molar-refractivity contribution is 7.15. The molecule has 1 aromatic carbocycles. The van der Waals surface area contributed by atoms with Crippen LogP contribution in [0.1, 0.15) is 49.7 Å². The summed E-state index contributed by atoms with van der Waals surface area (Å²) in [4.78, 5) is 11.9. The monoisotopic (exact) mass is 329 g/mol. The number of carbonyl (C=O) groups excluding carboxylic acids is 1. The Balaban J connectivity index is 1.92. The normalized spacial score (nSPS) is 11.6. The Bertz CT molecular complexity index is 672. The summed E-state index contributed by atoms with van der Waals surface area (Å²) in [6.45, 7) is 8.59. The van der Waals surface area contributed by atoms with Gasteiger partial charge in [0.25, 0.3) is 0 Å². The van der Waals surface area contributed by atoms with E-state index in [1.54, 1.807) is 6.08 Å². The first-order valence-electron chi connectivity index (χ1n) is 7.85. The van der Waals surface area contributed by atoms with Crippen LogP contribution in [0, 0.1) is 5.92 Å². The minimum absolute atomic E-state index is 0.190. The molecule has 0 atom stereocenters. The number of nitrogens with one attached hydrogen (secondary N) is 1. The van der Waals surface area contributed by atoms with E-state index in [9.17, 15) is 4.79 Å². The van der Waals surface area contributed by atoms with Gasteiger partial charge < -0.3 is 0 Å². The Hall–Kier alpha value is -2.01. The molecule has 1 N–H and O–H groups in total. The molecule has 2 aromatic rings. The summed E-state index contributed by atoms with van der Waals surface area (Å²) in [6.07, 6.45) is 4.20. The minimum atomic E-state index is -0.190. The molecule has 1 amide bonds. The summed E-state index contributed by atoms with van der Waals surface area (Å²) in [7, 11) is 0. The molecule has 0 radical (unpaired) electrons. The fourth-order valence-corrected chi connectivity index (χ4v) is 3.00. The van der Waals surface area contributed by atoms with Gasteiger partial charge in [-0.3, -0.25) is 10.1 Å². The van der Waals surface area contributed by atoms with Gasteiger partial charge in [0.05, 0.1) is 0 Å². The van der Waals surface area contributed by atoms with Gasteiger partial charge in [0.15, 0.2) is 0 Å². The highest BCUT2D eigenvalue weighted by Gasteiger charge is 2.07. The van der Waals surface area contributed by atoms with Crippen LogP contribution in [0.25, 0.3) is 6.08 Å². The lowest BCUT2D eigenvalue weighted by Crippen LogP contribution is -2.07. The van der Waals surface area contributed by atoms with Crippen molar-refractivity contribution in [3.63, 3.8) is 0 Å². The van der Waals surface area contributed by atoms with Crippen LogP contribution in [0.2, 0.25) is 0 Å². The average molecular weight is 329 g/mol. The molecule has 0 aliphatic carbocycles. The number of carbonyl (C=O) groups is 1. The number of aromatic nitrogens is 2. The third-order valence-electron chi connectivity index (χ3n) is 3.31. The van der Waals surface area contributed by atoms with Gasteiger partial charge in [-0.2, -0.15) is 0 Å². The summed E-state index contributed by atoms with van der Waals surface area (Å²) < 4.78 is 0. The molecule has 5 heteroatoms. The Morgan fingerprint density at radius 3 is 2.48 bits per heavy atom. The number of rotatable bonds is 6. The van der Waals surface area contributed by atoms with E-state index in [-0.39, 0.29) is 5.91 Å². The highest BCUT2D eigenvalue weighted by Crippen LogP contribution is 2.18. The first kappa shape index (κ1) is 17.3. The molecule has 1 heterocycles. The summed E-state index contributed by atoms with van der Waals surface area (Å²) in [5.74, 6) is 0.846. The fourth-order valence-electron chi connectivity index (χ4n) is 2.05. The molecule has 0 aliphatic heterocycles. The summed E-state index contributed by atoms with van der Waals surface area (Å²) in [6, 6.07) is 8.21. The van der Waals surface area contributed by atoms with Crippen LogP contribution in [0.5, 0.6) is 0 Å². The standard InChI is InChI=1S/C18H23N3OS/c1-12(2)11-17-20-21-18(23-17)19-16(22)10-7-14-5-8-15(9-6-14)13(3)4/h5-10,12-13H,11H2,1-4H3,(H,19,21,22)/b10-7+. The van der Waals surface area contributed by atoms with Gasteiger partial charge >= 0.3 is 0 Å². The maximum absolute atomic E-state index is 11.9. The lowest BCUT2D eigenvalue weighted by atomic mass is 10.0. The summed E-state index contributed by atoms with van der Waals surface area (Å²) in [5, 5.41) is 12.3. The van der Waals surface area contributed by atoms with E-state index in [0.29, 0.717) is 17.0 Å². The molecule has 4 nitrogen and oxygen atoms in total. The second kappa shape index (κ2) is 8.02. The molecule has 0 unspecified atom stereocenters. The largest absolute Gasteiger partial charge is 0.297 e. The van der Waals surface area contributed by atoms with E-state index >= 15 is 0 Å². The van der Waals surface area contributed by atoms with E-state index in [1.165, 1.54) is 23.0 Å². The Morgan fingerprint density at radius 1 is 1.17 bits per heavy atom. The van der Waals surface area contributed by atoms with Gasteiger partial charge in [-0.1, -0.05) is 63.3 Å². The van der Waals surface area contributed by atoms with E-state index in [2.05, 4.69) is 55.3 Å². The first-order chi connectivity index (χ1) is 10.9. The number of hydrogen-bond acceptors (Lipinski definition) is 4. The van der Waals surface area contributed by atoms with Crippen molar-refractivity contribution in [3.05, 3.63) is 46.5 Å². The van der Waals surface area contributed by atoms with Crippen molar-refractivity contribution in [2.75, 3.05) is 5.32 Å². The van der Waals surface area contributed by atoms with Crippen molar-refractivity contribution >= 4 is 28.5 Å². The smallest absolute Gasteiger partial charge is 0.250 e. The maximum atomic E-state index is 11.9. The predicted octanol–water partition coefficient (Wildman–Crippen LogP) is 4.51. The quantitative estimate of drug-likeness (QED) is 0.793. The van der Waals surface area contributed by atoms with Crippen LogP contribution in [0.4, 0.5) is 5.13 Å². The summed E-state index contributed by atoms with van der Waals surface area (Å²) in [5.41, 5.74) is 2.29. The number of hydrogen-bond donors (Lipinski definition) is 1. The Labute approximate surface area is 141 Å². The molecule has 1 aromatic heterocycles. The lowest BCUT2D eigenvalue weighted by molar-refractivity contribution is -0.111. The molecule has 0 aliphatic rings. The molecule has 0 spiro atoms. The van der Waals surface area contributed by atoms with Crippen LogP contribution in [0.3, 0.4) is 0 Å². The van der Waals surface area contributed by atoms with Gasteiger partial charge in [0.2, 0.25) is 11.0 Å². The van der Waals surface area contributed by atoms with Crippen molar-refractivity contribution < 1.29 is 4.79 Å². The molecule has 122 valence electrons. The Morgan fingerprint density at radius 2 is 1.87 bits per heavy atom. The molecular weight excluding hydrogens is 306 g/mol. The zero-order valence-electron chi connectivity index (χ0n) is 14.0. The Kier molecular flexibility index (Phi) is 6.04. The van der Waals surface area contributed by atoms with Crippen LogP contribution < -0.4 is 5.32 Å². The minimum Gasteiger partial charge on any atom is -0.297 e. The molecule has 23 heavy (non-hydrogen) atoms. The maximum Gasteiger partial charge on any atom is 0.250 e. The highest BCUT2D eigenvalue weighted by atomic mass is 32.1. The fraction of sp³-hybridized carbons (Fsp3) is 0.389. The third kappa shape index (κ3) is 5.60. The first-order valence-corrected chi connectivity index (χ1v) is 8.67. The molecule has 0 fully saturated rings. The van der Waals surface area contributed by atoms with Gasteiger partial charge in [0.1, 0.15) is 5.01 Å². The van der Waals surface area contributed by atoms with Crippen LogP contribution in [-0.4, -0.2) is 16.1 Å². The molecular formula is C18H23N3OS. The van der Waals surface area contributed by atoms with E-state index in [0.717, 1.165) is 17.0 Å². The predicted molar refractivity (Wildman–Crippen MR) is 96.6 cm³/mol. The average Bonchev–Trinajstić information content (AvgIpc) is 2.91. The van der Waals surface area contributed by atoms with Gasteiger partial charge in [-0.15, -0.1) is 10.2 Å². The molecule has 2 rings (SSSR count). The number of amides is 1. The lowest BCUT2D eigenvalue weighted by Gasteiger charge is -2.04. The summed E-state index contributed by atoms with van der Waals surface area (Å²) >= 11 is 1.43. The molecule has 0 bridgehead atoms. The molecule has 0 saturated heterocycles. The van der Waals surface area contributed by atoms with Crippen molar-refractivity contribution in [2.45, 2.75) is 40.0 Å². The second-order valence-corrected chi connectivity index (χ2v) is 7.30. The second-order valence-electron chi connectivity index (χ2n) is 6.24. The van der Waals surface area contributed by atoms with Crippen molar-refractivity contribution in [1.82, 2.24) is 10.2 Å². The van der Waals surface area contributed by atoms with Gasteiger partial charge in [-0.25, -0.2) is 0 Å². The van der Waals surface area contributed by atoms with Crippen LogP contribution >= 0.6 is 11.3 Å². The zero-order valence-corrected chi connectivity index (χ0v) is 14.9. The zero-order chi connectivity index (χ0) is 16.8. The third-order valence-corrected chi connectivity index (χ3v) is 4.17. The van der Waals surface area contributed by atoms with E-state index in [1.807, 2.05) is 12.1 Å².